The molecule has 1 saturated heterocycles. The normalized spacial score (nSPS) is 13.7. The number of piperazine rings is 1. The number of aromatic nitrogens is 1. The Bertz CT molecular complexity index is 1070. The molecule has 0 spiro atoms. The van der Waals surface area contributed by atoms with Crippen molar-refractivity contribution in [2.45, 2.75) is 12.8 Å². The highest BCUT2D eigenvalue weighted by atomic mass is 16.5. The average molecular weight is 450 g/mol. The molecule has 0 radical (unpaired) electrons. The maximum atomic E-state index is 13.0. The van der Waals surface area contributed by atoms with Gasteiger partial charge in [-0.05, 0) is 42.3 Å². The third-order valence-electron chi connectivity index (χ3n) is 6.13. The molecule has 0 unspecified atom stereocenters. The summed E-state index contributed by atoms with van der Waals surface area (Å²) in [6, 6.07) is 16.0. The fourth-order valence-corrected chi connectivity index (χ4v) is 4.27. The van der Waals surface area contributed by atoms with Gasteiger partial charge in [0.15, 0.2) is 11.5 Å². The van der Waals surface area contributed by atoms with E-state index in [1.807, 2.05) is 64.3 Å². The maximum Gasteiger partial charge on any atom is 0.223 e. The SMILES string of the molecule is COc1cccc(N2CCN(C(=O)CCc3cc(OC)c(OC)cc3-n3cccc3)CC2)c1. The van der Waals surface area contributed by atoms with Gasteiger partial charge in [-0.2, -0.15) is 0 Å². The summed E-state index contributed by atoms with van der Waals surface area (Å²) < 4.78 is 18.4. The number of amides is 1. The topological polar surface area (TPSA) is 56.2 Å². The number of hydrogen-bond acceptors (Lipinski definition) is 5. The molecule has 1 fully saturated rings. The Morgan fingerprint density at radius 1 is 0.848 bits per heavy atom. The Morgan fingerprint density at radius 2 is 1.55 bits per heavy atom. The maximum absolute atomic E-state index is 13.0. The van der Waals surface area contributed by atoms with Crippen LogP contribution in [0.2, 0.25) is 0 Å². The van der Waals surface area contributed by atoms with E-state index in [1.54, 1.807) is 21.3 Å². The van der Waals surface area contributed by atoms with Crippen molar-refractivity contribution < 1.29 is 19.0 Å². The minimum absolute atomic E-state index is 0.175. The summed E-state index contributed by atoms with van der Waals surface area (Å²) in [7, 11) is 4.94. The van der Waals surface area contributed by atoms with E-state index in [1.165, 1.54) is 0 Å². The summed E-state index contributed by atoms with van der Waals surface area (Å²) in [5.41, 5.74) is 3.17. The van der Waals surface area contributed by atoms with E-state index in [0.29, 0.717) is 37.4 Å². The van der Waals surface area contributed by atoms with E-state index < -0.39 is 0 Å². The molecule has 0 aliphatic carbocycles. The molecule has 0 bridgehead atoms. The van der Waals surface area contributed by atoms with Gasteiger partial charge in [0.1, 0.15) is 5.75 Å². The minimum Gasteiger partial charge on any atom is -0.497 e. The standard InChI is InChI=1S/C26H31N3O4/c1-31-22-8-6-7-21(18-22)27-13-15-29(16-14-27)26(30)10-9-20-17-24(32-2)25(33-3)19-23(20)28-11-4-5-12-28/h4-8,11-12,17-19H,9-10,13-16H2,1-3H3. The highest BCUT2D eigenvalue weighted by molar-refractivity contribution is 5.77. The lowest BCUT2D eigenvalue weighted by atomic mass is 10.0. The number of ether oxygens (including phenoxy) is 3. The molecular weight excluding hydrogens is 418 g/mol. The molecule has 4 rings (SSSR count). The molecule has 1 amide bonds. The summed E-state index contributed by atoms with van der Waals surface area (Å²) in [4.78, 5) is 17.3. The highest BCUT2D eigenvalue weighted by Gasteiger charge is 2.22. The van der Waals surface area contributed by atoms with Crippen LogP contribution in [-0.4, -0.2) is 62.9 Å². The highest BCUT2D eigenvalue weighted by Crippen LogP contribution is 2.33. The van der Waals surface area contributed by atoms with Gasteiger partial charge in [0.05, 0.1) is 27.0 Å². The molecule has 7 nitrogen and oxygen atoms in total. The second-order valence-electron chi connectivity index (χ2n) is 8.00. The molecule has 1 aliphatic rings. The minimum atomic E-state index is 0.175. The largest absolute Gasteiger partial charge is 0.497 e. The molecule has 0 N–H and O–H groups in total. The van der Waals surface area contributed by atoms with Gasteiger partial charge in [0.2, 0.25) is 5.91 Å². The molecule has 33 heavy (non-hydrogen) atoms. The number of carbonyl (C=O) groups excluding carboxylic acids is 1. The first-order chi connectivity index (χ1) is 16.1. The van der Waals surface area contributed by atoms with Gasteiger partial charge in [0, 0.05) is 62.8 Å². The van der Waals surface area contributed by atoms with Gasteiger partial charge in [-0.15, -0.1) is 0 Å². The number of nitrogens with zero attached hydrogens (tertiary/aromatic N) is 3. The lowest BCUT2D eigenvalue weighted by Crippen LogP contribution is -2.48. The molecule has 0 saturated carbocycles. The van der Waals surface area contributed by atoms with Crippen LogP contribution in [0.25, 0.3) is 5.69 Å². The summed E-state index contributed by atoms with van der Waals surface area (Å²) in [6.07, 6.45) is 5.06. The summed E-state index contributed by atoms with van der Waals surface area (Å²) >= 11 is 0. The monoisotopic (exact) mass is 449 g/mol. The van der Waals surface area contributed by atoms with Crippen molar-refractivity contribution in [2.24, 2.45) is 0 Å². The van der Waals surface area contributed by atoms with Crippen molar-refractivity contribution in [1.29, 1.82) is 0 Å². The third kappa shape index (κ3) is 5.08. The summed E-state index contributed by atoms with van der Waals surface area (Å²) in [5.74, 6) is 2.36. The van der Waals surface area contributed by atoms with Crippen LogP contribution >= 0.6 is 0 Å². The van der Waals surface area contributed by atoms with Crippen LogP contribution in [0.3, 0.4) is 0 Å². The van der Waals surface area contributed by atoms with Crippen molar-refractivity contribution in [3.8, 4) is 22.9 Å². The smallest absolute Gasteiger partial charge is 0.223 e. The predicted octanol–water partition coefficient (Wildman–Crippen LogP) is 3.78. The number of anilines is 1. The van der Waals surface area contributed by atoms with Crippen LogP contribution in [0.5, 0.6) is 17.2 Å². The summed E-state index contributed by atoms with van der Waals surface area (Å²) in [5, 5.41) is 0. The van der Waals surface area contributed by atoms with E-state index >= 15 is 0 Å². The first kappa shape index (κ1) is 22.6. The van der Waals surface area contributed by atoms with E-state index in [-0.39, 0.29) is 5.91 Å². The Labute approximate surface area is 195 Å². The first-order valence-corrected chi connectivity index (χ1v) is 11.2. The van der Waals surface area contributed by atoms with Crippen molar-refractivity contribution in [3.63, 3.8) is 0 Å². The summed E-state index contributed by atoms with van der Waals surface area (Å²) in [6.45, 7) is 3.05. The van der Waals surface area contributed by atoms with Crippen LogP contribution < -0.4 is 19.1 Å². The molecule has 2 heterocycles. The zero-order valence-electron chi connectivity index (χ0n) is 19.5. The molecular formula is C26H31N3O4. The van der Waals surface area contributed by atoms with Gasteiger partial charge >= 0.3 is 0 Å². The third-order valence-corrected chi connectivity index (χ3v) is 6.13. The van der Waals surface area contributed by atoms with Crippen LogP contribution in [0.15, 0.2) is 60.9 Å². The number of carbonyl (C=O) groups is 1. The van der Waals surface area contributed by atoms with E-state index in [4.69, 9.17) is 14.2 Å². The Kier molecular flexibility index (Phi) is 7.07. The number of hydrogen-bond donors (Lipinski definition) is 0. The van der Waals surface area contributed by atoms with Gasteiger partial charge in [-0.1, -0.05) is 6.07 Å². The second-order valence-corrected chi connectivity index (χ2v) is 8.00. The number of rotatable bonds is 8. The molecule has 3 aromatic rings. The molecule has 1 aromatic heterocycles. The Balaban J connectivity index is 1.41. The lowest BCUT2D eigenvalue weighted by Gasteiger charge is -2.36. The van der Waals surface area contributed by atoms with Crippen LogP contribution in [-0.2, 0) is 11.2 Å². The van der Waals surface area contributed by atoms with E-state index in [9.17, 15) is 4.79 Å². The number of aryl methyl sites for hydroxylation is 1. The van der Waals surface area contributed by atoms with Crippen LogP contribution in [0.1, 0.15) is 12.0 Å². The van der Waals surface area contributed by atoms with Crippen LogP contribution in [0.4, 0.5) is 5.69 Å². The zero-order chi connectivity index (χ0) is 23.2. The van der Waals surface area contributed by atoms with E-state index in [0.717, 1.165) is 35.8 Å². The van der Waals surface area contributed by atoms with E-state index in [2.05, 4.69) is 11.0 Å². The number of methoxy groups -OCH3 is 3. The van der Waals surface area contributed by atoms with Crippen molar-refractivity contribution in [2.75, 3.05) is 52.4 Å². The fraction of sp³-hybridized carbons (Fsp3) is 0.346. The molecule has 0 atom stereocenters. The van der Waals surface area contributed by atoms with Gasteiger partial charge in [0.25, 0.3) is 0 Å². The number of benzene rings is 2. The quantitative estimate of drug-likeness (QED) is 0.524. The zero-order valence-corrected chi connectivity index (χ0v) is 19.5. The Morgan fingerprint density at radius 3 is 2.21 bits per heavy atom. The van der Waals surface area contributed by atoms with Crippen molar-refractivity contribution in [3.05, 3.63) is 66.5 Å². The predicted molar refractivity (Wildman–Crippen MR) is 129 cm³/mol. The van der Waals surface area contributed by atoms with Gasteiger partial charge < -0.3 is 28.6 Å². The molecule has 174 valence electrons. The molecule has 1 aliphatic heterocycles. The second kappa shape index (κ2) is 10.3. The molecule has 2 aromatic carbocycles. The Hall–Kier alpha value is -3.61. The molecule has 7 heteroatoms. The van der Waals surface area contributed by atoms with Gasteiger partial charge in [-0.3, -0.25) is 4.79 Å². The first-order valence-electron chi connectivity index (χ1n) is 11.2. The van der Waals surface area contributed by atoms with Crippen molar-refractivity contribution in [1.82, 2.24) is 9.47 Å². The lowest BCUT2D eigenvalue weighted by molar-refractivity contribution is -0.131. The van der Waals surface area contributed by atoms with Crippen LogP contribution in [0, 0.1) is 0 Å². The fourth-order valence-electron chi connectivity index (χ4n) is 4.27. The average Bonchev–Trinajstić information content (AvgIpc) is 3.41. The van der Waals surface area contributed by atoms with Gasteiger partial charge in [-0.25, -0.2) is 0 Å². The van der Waals surface area contributed by atoms with Crippen molar-refractivity contribution >= 4 is 11.6 Å².